The lowest BCUT2D eigenvalue weighted by molar-refractivity contribution is -0.161. The van der Waals surface area contributed by atoms with Gasteiger partial charge in [-0.15, -0.1) is 0 Å². The molecule has 0 amide bonds. The number of ether oxygens (including phenoxy) is 4. The van der Waals surface area contributed by atoms with E-state index >= 15 is 0 Å². The summed E-state index contributed by atoms with van der Waals surface area (Å²) in [5.41, 5.74) is 0. The number of carbonyl (C=O) groups excluding carboxylic acids is 4. The number of aliphatic hydroxyl groups is 1. The molecular weight excluding hydrogens is 1400 g/mol. The Kier molecular flexibility index (Phi) is 75.8. The third kappa shape index (κ3) is 78.8. The summed E-state index contributed by atoms with van der Waals surface area (Å²) in [7, 11) is -9.99. The summed E-state index contributed by atoms with van der Waals surface area (Å²) in [5.74, 6) is -2.27. The van der Waals surface area contributed by atoms with Gasteiger partial charge in [-0.3, -0.25) is 37.3 Å². The van der Waals surface area contributed by atoms with Crippen LogP contribution in [0.2, 0.25) is 0 Å². The SMILES string of the molecule is CC/C=C\C/C=C\C/C=C\C/C=C\C/C=C\CCCC(=O)OCC(COP(=O)(O)OCC(O)COP(=O)(O)OCC(COC(=O)CCCCCCCC/C=C\C/C=C\C/C=C\C/C=C\CC)OC(=O)CCCCCCCC/C=C\C/C=C\C/C=C\C/C=C\CC)OC(=O)CCCCCCCCCCCCCCC. The van der Waals surface area contributed by atoms with Crippen LogP contribution in [0.1, 0.15) is 323 Å². The molecule has 19 heteroatoms. The summed E-state index contributed by atoms with van der Waals surface area (Å²) in [6.07, 6.45) is 93.6. The van der Waals surface area contributed by atoms with Crippen molar-refractivity contribution in [1.29, 1.82) is 0 Å². The van der Waals surface area contributed by atoms with Crippen molar-refractivity contribution in [1.82, 2.24) is 0 Å². The molecule has 0 heterocycles. The highest BCUT2D eigenvalue weighted by molar-refractivity contribution is 7.47. The maximum absolute atomic E-state index is 13.1. The van der Waals surface area contributed by atoms with Gasteiger partial charge in [-0.05, 0) is 141 Å². The third-order valence-electron chi connectivity index (χ3n) is 17.0. The molecule has 5 unspecified atom stereocenters. The van der Waals surface area contributed by atoms with Crippen LogP contribution in [0.4, 0.5) is 0 Å². The first-order valence-electron chi connectivity index (χ1n) is 41.7. The zero-order valence-electron chi connectivity index (χ0n) is 67.5. The average molecular weight is 1550 g/mol. The fourth-order valence-corrected chi connectivity index (χ4v) is 12.3. The van der Waals surface area contributed by atoms with E-state index in [4.69, 9.17) is 37.0 Å². The fraction of sp³-hybridized carbons (Fsp3) is 0.663. The predicted octanol–water partition coefficient (Wildman–Crippen LogP) is 24.8. The highest BCUT2D eigenvalue weighted by Crippen LogP contribution is 2.45. The van der Waals surface area contributed by atoms with E-state index in [0.29, 0.717) is 32.1 Å². The quantitative estimate of drug-likeness (QED) is 0.0169. The molecular formula is C89H148O17P2. The van der Waals surface area contributed by atoms with E-state index in [0.717, 1.165) is 186 Å². The van der Waals surface area contributed by atoms with E-state index in [1.165, 1.54) is 51.4 Å². The van der Waals surface area contributed by atoms with E-state index in [1.807, 2.05) is 12.2 Å². The normalized spacial score (nSPS) is 14.6. The molecule has 5 atom stereocenters. The van der Waals surface area contributed by atoms with Crippen molar-refractivity contribution in [2.24, 2.45) is 0 Å². The van der Waals surface area contributed by atoms with Crippen molar-refractivity contribution >= 4 is 39.5 Å². The van der Waals surface area contributed by atoms with Gasteiger partial charge in [-0.25, -0.2) is 9.13 Å². The highest BCUT2D eigenvalue weighted by Gasteiger charge is 2.30. The molecule has 0 rings (SSSR count). The second-order valence-corrected chi connectivity index (χ2v) is 30.2. The van der Waals surface area contributed by atoms with Gasteiger partial charge in [0.25, 0.3) is 0 Å². The van der Waals surface area contributed by atoms with Crippen LogP contribution in [0.3, 0.4) is 0 Å². The van der Waals surface area contributed by atoms with Gasteiger partial charge in [0.05, 0.1) is 26.4 Å². The number of phosphoric ester groups is 2. The number of carbonyl (C=O) groups is 4. The van der Waals surface area contributed by atoms with Gasteiger partial charge in [0, 0.05) is 25.7 Å². The second kappa shape index (κ2) is 79.8. The molecule has 17 nitrogen and oxygen atoms in total. The maximum atomic E-state index is 13.1. The van der Waals surface area contributed by atoms with Crippen LogP contribution in [0.25, 0.3) is 0 Å². The Balaban J connectivity index is 5.44. The zero-order chi connectivity index (χ0) is 78.9. The van der Waals surface area contributed by atoms with E-state index in [-0.39, 0.29) is 25.7 Å². The standard InChI is InChI=1S/C89H148O17P2/c1-5-9-13-17-21-25-29-33-36-39-41-44-47-51-54-58-62-66-70-74-87(92)100-80-85(106-89(94)76-72-68-64-60-56-52-48-45-42-40-37-34-30-26-22-18-14-10-6-2)82-104-108(97,98)102-78-83(90)77-101-107(95,96)103-81-84(105-88(93)75-71-67-63-59-55-49-32-28-24-20-16-12-8-4)79-99-86(91)73-69-65-61-57-53-50-46-43-38-35-31-27-23-19-15-11-7-3/h9-11,13-15,21-23,25-27,33-38,41-42,44-46,50,57,61,83-85,90H,5-8,12,16-20,24,28-32,39-40,43,47-49,51-56,58-60,62-82H2,1-4H3,(H,95,96)(H,97,98)/b13-9-,14-10-,15-11-,25-21-,26-22-,27-23-,36-33-,37-34-,38-35-,44-41-,45-42-,50-46-,61-57-. The van der Waals surface area contributed by atoms with E-state index in [9.17, 15) is 43.2 Å². The van der Waals surface area contributed by atoms with Gasteiger partial charge in [0.15, 0.2) is 12.2 Å². The van der Waals surface area contributed by atoms with E-state index in [2.05, 4.69) is 174 Å². The predicted molar refractivity (Wildman–Crippen MR) is 445 cm³/mol. The smallest absolute Gasteiger partial charge is 0.462 e. The molecule has 0 aliphatic rings. The van der Waals surface area contributed by atoms with Crippen molar-refractivity contribution < 1.29 is 80.2 Å². The molecule has 0 aromatic carbocycles. The Morgan fingerprint density at radius 2 is 0.491 bits per heavy atom. The minimum Gasteiger partial charge on any atom is -0.462 e. The Bertz CT molecular complexity index is 2660. The Hall–Kier alpha value is -5.32. The largest absolute Gasteiger partial charge is 0.472 e. The second-order valence-electron chi connectivity index (χ2n) is 27.3. The summed E-state index contributed by atoms with van der Waals surface area (Å²) in [4.78, 5) is 73.2. The third-order valence-corrected chi connectivity index (χ3v) is 18.9. The van der Waals surface area contributed by atoms with Crippen LogP contribution in [-0.4, -0.2) is 96.7 Å². The van der Waals surface area contributed by atoms with Crippen LogP contribution in [0.15, 0.2) is 158 Å². The van der Waals surface area contributed by atoms with Gasteiger partial charge in [-0.2, -0.15) is 0 Å². The lowest BCUT2D eigenvalue weighted by Crippen LogP contribution is -2.30. The molecule has 0 saturated carbocycles. The molecule has 0 aromatic heterocycles. The van der Waals surface area contributed by atoms with Crippen LogP contribution < -0.4 is 0 Å². The fourth-order valence-electron chi connectivity index (χ4n) is 10.8. The number of allylic oxidation sites excluding steroid dienone is 26. The molecule has 0 saturated heterocycles. The van der Waals surface area contributed by atoms with Crippen LogP contribution in [0, 0.1) is 0 Å². The molecule has 0 fully saturated rings. The summed E-state index contributed by atoms with van der Waals surface area (Å²) in [5, 5.41) is 10.7. The van der Waals surface area contributed by atoms with E-state index in [1.54, 1.807) is 0 Å². The van der Waals surface area contributed by atoms with E-state index < -0.39 is 97.5 Å². The first-order valence-corrected chi connectivity index (χ1v) is 44.7. The minimum atomic E-state index is -5.00. The van der Waals surface area contributed by atoms with Crippen molar-refractivity contribution in [3.63, 3.8) is 0 Å². The average Bonchev–Trinajstić information content (AvgIpc) is 0.887. The van der Waals surface area contributed by atoms with Crippen molar-refractivity contribution in [2.75, 3.05) is 39.6 Å². The number of rotatable bonds is 77. The molecule has 108 heavy (non-hydrogen) atoms. The van der Waals surface area contributed by atoms with Crippen molar-refractivity contribution in [2.45, 2.75) is 341 Å². The molecule has 3 N–H and O–H groups in total. The number of hydrogen-bond acceptors (Lipinski definition) is 15. The number of unbranched alkanes of at least 4 members (excludes halogenated alkanes) is 25. The van der Waals surface area contributed by atoms with Gasteiger partial charge >= 0.3 is 39.5 Å². The van der Waals surface area contributed by atoms with Crippen LogP contribution in [0.5, 0.6) is 0 Å². The first-order chi connectivity index (χ1) is 52.7. The molecule has 0 aliphatic heterocycles. The molecule has 0 aromatic rings. The monoisotopic (exact) mass is 1550 g/mol. The Labute approximate surface area is 655 Å². The number of phosphoric acid groups is 2. The molecule has 616 valence electrons. The van der Waals surface area contributed by atoms with Crippen molar-refractivity contribution in [3.8, 4) is 0 Å². The number of aliphatic hydroxyl groups excluding tert-OH is 1. The Morgan fingerprint density at radius 3 is 0.778 bits per heavy atom. The van der Waals surface area contributed by atoms with Gasteiger partial charge in [0.2, 0.25) is 0 Å². The number of hydrogen-bond donors (Lipinski definition) is 3. The zero-order valence-corrected chi connectivity index (χ0v) is 69.3. The van der Waals surface area contributed by atoms with Crippen LogP contribution >= 0.6 is 15.6 Å². The van der Waals surface area contributed by atoms with Gasteiger partial charge in [-0.1, -0.05) is 314 Å². The van der Waals surface area contributed by atoms with Crippen LogP contribution in [-0.2, 0) is 65.4 Å². The lowest BCUT2D eigenvalue weighted by Gasteiger charge is -2.21. The minimum absolute atomic E-state index is 0.0695. The van der Waals surface area contributed by atoms with Gasteiger partial charge in [0.1, 0.15) is 19.3 Å². The molecule has 0 bridgehead atoms. The first kappa shape index (κ1) is 103. The Morgan fingerprint density at radius 1 is 0.269 bits per heavy atom. The summed E-state index contributed by atoms with van der Waals surface area (Å²) >= 11 is 0. The lowest BCUT2D eigenvalue weighted by atomic mass is 10.0. The van der Waals surface area contributed by atoms with Gasteiger partial charge < -0.3 is 33.8 Å². The maximum Gasteiger partial charge on any atom is 0.472 e. The summed E-state index contributed by atoms with van der Waals surface area (Å²) < 4.78 is 68.7. The number of esters is 4. The molecule has 0 aliphatic carbocycles. The van der Waals surface area contributed by atoms with Crippen molar-refractivity contribution in [3.05, 3.63) is 158 Å². The highest BCUT2D eigenvalue weighted by atomic mass is 31.2. The molecule has 0 radical (unpaired) electrons. The summed E-state index contributed by atoms with van der Waals surface area (Å²) in [6.45, 7) is 4.46. The molecule has 0 spiro atoms. The topological polar surface area (TPSA) is 237 Å². The summed E-state index contributed by atoms with van der Waals surface area (Å²) in [6, 6.07) is 0.